The van der Waals surface area contributed by atoms with Gasteiger partial charge in [-0.3, -0.25) is 9.78 Å². The average molecular weight is 310 g/mol. The number of rotatable bonds is 1. The normalized spacial score (nSPS) is 18.0. The summed E-state index contributed by atoms with van der Waals surface area (Å²) in [6.45, 7) is 0. The van der Waals surface area contributed by atoms with Crippen LogP contribution in [0.15, 0.2) is 47.5 Å². The van der Waals surface area contributed by atoms with E-state index in [0.717, 1.165) is 17.2 Å². The van der Waals surface area contributed by atoms with E-state index in [2.05, 4.69) is 10.3 Å². The minimum atomic E-state index is -4.48. The lowest BCUT2D eigenvalue weighted by atomic mass is 10.1. The molecular formula is C14H9F3N2OS. The van der Waals surface area contributed by atoms with Gasteiger partial charge in [-0.05, 0) is 23.8 Å². The lowest BCUT2D eigenvalue weighted by molar-refractivity contribution is -0.141. The zero-order valence-electron chi connectivity index (χ0n) is 10.5. The van der Waals surface area contributed by atoms with Crippen LogP contribution in [-0.2, 0) is 11.0 Å². The molecule has 1 atom stereocenters. The van der Waals surface area contributed by atoms with Crippen LogP contribution in [-0.4, -0.2) is 10.9 Å². The third kappa shape index (κ3) is 2.73. The van der Waals surface area contributed by atoms with Crippen molar-refractivity contribution in [2.24, 2.45) is 0 Å². The van der Waals surface area contributed by atoms with Crippen LogP contribution in [0.3, 0.4) is 0 Å². The second-order valence-corrected chi connectivity index (χ2v) is 5.60. The Labute approximate surface area is 122 Å². The van der Waals surface area contributed by atoms with E-state index in [1.54, 1.807) is 12.1 Å². The largest absolute Gasteiger partial charge is 0.433 e. The zero-order valence-corrected chi connectivity index (χ0v) is 11.3. The van der Waals surface area contributed by atoms with Gasteiger partial charge in [-0.1, -0.05) is 18.2 Å². The molecule has 1 aromatic heterocycles. The summed E-state index contributed by atoms with van der Waals surface area (Å²) in [6, 6.07) is 9.46. The van der Waals surface area contributed by atoms with E-state index in [4.69, 9.17) is 0 Å². The van der Waals surface area contributed by atoms with Crippen molar-refractivity contribution < 1.29 is 18.0 Å². The molecule has 0 fully saturated rings. The molecule has 0 bridgehead atoms. The third-order valence-corrected chi connectivity index (χ3v) is 4.34. The number of carbonyl (C=O) groups excluding carboxylic acids is 1. The Hall–Kier alpha value is -2.02. The molecule has 7 heteroatoms. The van der Waals surface area contributed by atoms with Crippen LogP contribution in [0, 0.1) is 0 Å². The molecule has 0 spiro atoms. The molecule has 3 nitrogen and oxygen atoms in total. The minimum Gasteiger partial charge on any atom is -0.324 e. The van der Waals surface area contributed by atoms with Crippen LogP contribution >= 0.6 is 11.8 Å². The molecule has 0 saturated heterocycles. The van der Waals surface area contributed by atoms with Crippen LogP contribution in [0.25, 0.3) is 0 Å². The zero-order chi connectivity index (χ0) is 15.0. The van der Waals surface area contributed by atoms with Gasteiger partial charge in [0.05, 0.1) is 5.69 Å². The number of halogens is 3. The molecule has 1 N–H and O–H groups in total. The average Bonchev–Trinajstić information content (AvgIpc) is 2.46. The number of thioether (sulfide) groups is 1. The van der Waals surface area contributed by atoms with Crippen LogP contribution in [0.5, 0.6) is 0 Å². The van der Waals surface area contributed by atoms with Crippen molar-refractivity contribution in [2.45, 2.75) is 16.3 Å². The number of nitrogens with zero attached hydrogens (tertiary/aromatic N) is 1. The number of benzene rings is 1. The Morgan fingerprint density at radius 1 is 1.14 bits per heavy atom. The number of hydrogen-bond donors (Lipinski definition) is 1. The molecule has 1 aromatic carbocycles. The summed E-state index contributed by atoms with van der Waals surface area (Å²) in [7, 11) is 0. The molecule has 0 aliphatic carbocycles. The van der Waals surface area contributed by atoms with E-state index in [-0.39, 0.29) is 5.91 Å². The third-order valence-electron chi connectivity index (χ3n) is 3.01. The molecule has 1 amide bonds. The first-order valence-electron chi connectivity index (χ1n) is 6.05. The maximum absolute atomic E-state index is 12.5. The van der Waals surface area contributed by atoms with E-state index in [1.807, 2.05) is 12.1 Å². The Balaban J connectivity index is 1.89. The fraction of sp³-hybridized carbons (Fsp3) is 0.143. The van der Waals surface area contributed by atoms with Crippen molar-refractivity contribution in [3.8, 4) is 0 Å². The van der Waals surface area contributed by atoms with E-state index in [9.17, 15) is 18.0 Å². The predicted octanol–water partition coefficient (Wildman–Crippen LogP) is 3.89. The van der Waals surface area contributed by atoms with Gasteiger partial charge in [0.1, 0.15) is 10.9 Å². The molecular weight excluding hydrogens is 301 g/mol. The van der Waals surface area contributed by atoms with Gasteiger partial charge in [-0.15, -0.1) is 11.8 Å². The highest BCUT2D eigenvalue weighted by atomic mass is 32.2. The van der Waals surface area contributed by atoms with Crippen molar-refractivity contribution in [3.05, 3.63) is 53.9 Å². The number of anilines is 1. The van der Waals surface area contributed by atoms with E-state index in [1.165, 1.54) is 17.8 Å². The number of aromatic nitrogens is 1. The molecule has 0 radical (unpaired) electrons. The lowest BCUT2D eigenvalue weighted by Gasteiger charge is -2.24. The molecule has 21 heavy (non-hydrogen) atoms. The quantitative estimate of drug-likeness (QED) is 0.869. The second-order valence-electron chi connectivity index (χ2n) is 4.46. The van der Waals surface area contributed by atoms with Gasteiger partial charge in [-0.2, -0.15) is 13.2 Å². The van der Waals surface area contributed by atoms with Crippen molar-refractivity contribution in [2.75, 3.05) is 5.32 Å². The first kappa shape index (κ1) is 13.9. The SMILES string of the molecule is O=C1Nc2ccccc2S[C@H]1c1ccc(C(F)(F)F)nc1. The number of pyridine rings is 1. The monoisotopic (exact) mass is 310 g/mol. The number of para-hydroxylation sites is 1. The summed E-state index contributed by atoms with van der Waals surface area (Å²) < 4.78 is 37.5. The molecule has 3 rings (SSSR count). The Morgan fingerprint density at radius 2 is 1.90 bits per heavy atom. The summed E-state index contributed by atoms with van der Waals surface area (Å²) >= 11 is 1.30. The van der Waals surface area contributed by atoms with Crippen molar-refractivity contribution in [3.63, 3.8) is 0 Å². The first-order valence-corrected chi connectivity index (χ1v) is 6.93. The highest BCUT2D eigenvalue weighted by molar-refractivity contribution is 8.00. The summed E-state index contributed by atoms with van der Waals surface area (Å²) in [6.07, 6.45) is -3.37. The standard InChI is InChI=1S/C14H9F3N2OS/c15-14(16,17)11-6-5-8(7-18-11)12-13(20)19-9-3-1-2-4-10(9)21-12/h1-7,12H,(H,19,20)/t12-/m0/s1. The summed E-state index contributed by atoms with van der Waals surface area (Å²) in [5, 5.41) is 2.14. The lowest BCUT2D eigenvalue weighted by Crippen LogP contribution is -2.23. The molecule has 1 aliphatic heterocycles. The highest BCUT2D eigenvalue weighted by Gasteiger charge is 2.33. The number of carbonyl (C=O) groups is 1. The van der Waals surface area contributed by atoms with Crippen molar-refractivity contribution >= 4 is 23.4 Å². The van der Waals surface area contributed by atoms with Gasteiger partial charge < -0.3 is 5.32 Å². The summed E-state index contributed by atoms with van der Waals surface area (Å²) in [5.41, 5.74) is 0.191. The molecule has 0 saturated carbocycles. The van der Waals surface area contributed by atoms with E-state index >= 15 is 0 Å². The predicted molar refractivity (Wildman–Crippen MR) is 72.9 cm³/mol. The summed E-state index contributed by atoms with van der Waals surface area (Å²) in [5.74, 6) is -0.264. The Bertz CT molecular complexity index is 685. The molecule has 2 heterocycles. The molecule has 0 unspecified atom stereocenters. The number of hydrogen-bond acceptors (Lipinski definition) is 3. The topological polar surface area (TPSA) is 42.0 Å². The van der Waals surface area contributed by atoms with Gasteiger partial charge in [0.15, 0.2) is 0 Å². The summed E-state index contributed by atoms with van der Waals surface area (Å²) in [4.78, 5) is 16.3. The molecule has 2 aromatic rings. The number of fused-ring (bicyclic) bond motifs is 1. The maximum atomic E-state index is 12.5. The van der Waals surface area contributed by atoms with Gasteiger partial charge in [0, 0.05) is 11.1 Å². The molecule has 108 valence electrons. The van der Waals surface area contributed by atoms with E-state index < -0.39 is 17.1 Å². The maximum Gasteiger partial charge on any atom is 0.433 e. The van der Waals surface area contributed by atoms with Crippen LogP contribution in [0.4, 0.5) is 18.9 Å². The van der Waals surface area contributed by atoms with E-state index in [0.29, 0.717) is 11.3 Å². The van der Waals surface area contributed by atoms with Crippen LogP contribution < -0.4 is 5.32 Å². The number of nitrogens with one attached hydrogen (secondary N) is 1. The van der Waals surface area contributed by atoms with Gasteiger partial charge in [0.2, 0.25) is 5.91 Å². The molecule has 1 aliphatic rings. The van der Waals surface area contributed by atoms with Crippen molar-refractivity contribution in [1.82, 2.24) is 4.98 Å². The van der Waals surface area contributed by atoms with Crippen LogP contribution in [0.1, 0.15) is 16.5 Å². The fourth-order valence-electron chi connectivity index (χ4n) is 2.00. The second kappa shape index (κ2) is 5.07. The van der Waals surface area contributed by atoms with Gasteiger partial charge in [-0.25, -0.2) is 0 Å². The minimum absolute atomic E-state index is 0.264. The van der Waals surface area contributed by atoms with Crippen molar-refractivity contribution in [1.29, 1.82) is 0 Å². The number of alkyl halides is 3. The smallest absolute Gasteiger partial charge is 0.324 e. The van der Waals surface area contributed by atoms with Gasteiger partial charge in [0.25, 0.3) is 0 Å². The van der Waals surface area contributed by atoms with Crippen LogP contribution in [0.2, 0.25) is 0 Å². The number of amides is 1. The highest BCUT2D eigenvalue weighted by Crippen LogP contribution is 2.43. The Morgan fingerprint density at radius 3 is 2.57 bits per heavy atom. The van der Waals surface area contributed by atoms with Gasteiger partial charge >= 0.3 is 6.18 Å². The fourth-order valence-corrected chi connectivity index (χ4v) is 3.10. The first-order chi connectivity index (χ1) is 9.95. The Kier molecular flexibility index (Phi) is 3.36.